The molecule has 0 aromatic heterocycles. The van der Waals surface area contributed by atoms with Crippen molar-refractivity contribution < 1.29 is 0 Å². The molecule has 1 heteroatoms. The maximum Gasteiger partial charge on any atom is -0.00144 e. The quantitative estimate of drug-likeness (QED) is 0.474. The summed E-state index contributed by atoms with van der Waals surface area (Å²) in [6.07, 6.45) is 11.6. The molecular weight excluding hydrogens is 146 g/mol. The van der Waals surface area contributed by atoms with Crippen LogP contribution >= 0.6 is 0 Å². The van der Waals surface area contributed by atoms with Crippen LogP contribution in [0.15, 0.2) is 12.2 Å². The number of nitrogens with one attached hydrogen (secondary N) is 1. The molecule has 1 N–H and O–H groups in total. The van der Waals surface area contributed by atoms with Gasteiger partial charge >= 0.3 is 0 Å². The molecule has 70 valence electrons. The smallest absolute Gasteiger partial charge is 0.00144 e. The van der Waals surface area contributed by atoms with Crippen molar-refractivity contribution >= 4 is 0 Å². The fourth-order valence-corrected chi connectivity index (χ4v) is 1.50. The highest BCUT2D eigenvalue weighted by Gasteiger charge is 2.14. The molecule has 1 fully saturated rings. The molecule has 0 bridgehead atoms. The molecule has 0 aromatic rings. The highest BCUT2D eigenvalue weighted by Crippen LogP contribution is 2.29. The van der Waals surface area contributed by atoms with Crippen LogP contribution in [0.1, 0.15) is 39.0 Å². The van der Waals surface area contributed by atoms with Crippen LogP contribution in [0.3, 0.4) is 0 Å². The summed E-state index contributed by atoms with van der Waals surface area (Å²) in [5.74, 6) is 1.03. The molecule has 1 saturated carbocycles. The summed E-state index contributed by atoms with van der Waals surface area (Å²) in [6, 6.07) is 0. The summed E-state index contributed by atoms with van der Waals surface area (Å²) in [4.78, 5) is 0. The van der Waals surface area contributed by atoms with Crippen LogP contribution in [0.2, 0.25) is 0 Å². The third kappa shape index (κ3) is 3.91. The Kier molecular flexibility index (Phi) is 5.09. The first-order valence-electron chi connectivity index (χ1n) is 5.29. The van der Waals surface area contributed by atoms with Crippen LogP contribution in [-0.2, 0) is 0 Å². The van der Waals surface area contributed by atoms with Gasteiger partial charge in [0.15, 0.2) is 0 Å². The number of hydrogen-bond donors (Lipinski definition) is 1. The first-order valence-corrected chi connectivity index (χ1v) is 5.29. The average molecular weight is 167 g/mol. The van der Waals surface area contributed by atoms with Gasteiger partial charge in [0, 0.05) is 0 Å². The number of allylic oxidation sites excluding steroid dienone is 1. The molecule has 1 nitrogen and oxygen atoms in total. The third-order valence-corrected chi connectivity index (χ3v) is 2.60. The second-order valence-electron chi connectivity index (χ2n) is 3.65. The van der Waals surface area contributed by atoms with Gasteiger partial charge in [0.05, 0.1) is 0 Å². The van der Waals surface area contributed by atoms with E-state index in [1.165, 1.54) is 32.1 Å². The van der Waals surface area contributed by atoms with Crippen LogP contribution in [0, 0.1) is 5.92 Å². The summed E-state index contributed by atoms with van der Waals surface area (Å²) in [5.41, 5.74) is 0. The van der Waals surface area contributed by atoms with Crippen LogP contribution < -0.4 is 5.32 Å². The Morgan fingerprint density at radius 1 is 1.33 bits per heavy atom. The highest BCUT2D eigenvalue weighted by molar-refractivity contribution is 4.86. The molecule has 0 amide bonds. The van der Waals surface area contributed by atoms with Crippen molar-refractivity contribution in [3.63, 3.8) is 0 Å². The van der Waals surface area contributed by atoms with E-state index in [9.17, 15) is 0 Å². The normalized spacial score (nSPS) is 18.4. The maximum atomic E-state index is 3.31. The van der Waals surface area contributed by atoms with Gasteiger partial charge in [0.25, 0.3) is 0 Å². The second kappa shape index (κ2) is 6.24. The lowest BCUT2D eigenvalue weighted by Crippen LogP contribution is -2.13. The van der Waals surface area contributed by atoms with Crippen LogP contribution in [-0.4, -0.2) is 13.1 Å². The molecule has 0 heterocycles. The van der Waals surface area contributed by atoms with Gasteiger partial charge in [0.1, 0.15) is 0 Å². The molecule has 12 heavy (non-hydrogen) atoms. The monoisotopic (exact) mass is 167 g/mol. The Balaban J connectivity index is 1.84. The Morgan fingerprint density at radius 3 is 2.75 bits per heavy atom. The van der Waals surface area contributed by atoms with Crippen molar-refractivity contribution in [2.75, 3.05) is 13.1 Å². The van der Waals surface area contributed by atoms with E-state index in [1.807, 2.05) is 0 Å². The largest absolute Gasteiger partial charge is 0.317 e. The van der Waals surface area contributed by atoms with Crippen LogP contribution in [0.25, 0.3) is 0 Å². The Labute approximate surface area is 76.2 Å². The molecule has 0 atom stereocenters. The molecule has 1 aliphatic rings. The Morgan fingerprint density at radius 2 is 2.17 bits per heavy atom. The molecule has 1 aliphatic carbocycles. The molecule has 0 radical (unpaired) electrons. The van der Waals surface area contributed by atoms with E-state index in [-0.39, 0.29) is 0 Å². The Bertz CT molecular complexity index is 125. The van der Waals surface area contributed by atoms with E-state index < -0.39 is 0 Å². The van der Waals surface area contributed by atoms with Gasteiger partial charge < -0.3 is 5.32 Å². The topological polar surface area (TPSA) is 12.0 Å². The van der Waals surface area contributed by atoms with Gasteiger partial charge in [-0.2, -0.15) is 0 Å². The minimum absolute atomic E-state index is 1.03. The minimum atomic E-state index is 1.03. The number of hydrogen-bond acceptors (Lipinski definition) is 1. The van der Waals surface area contributed by atoms with Crippen molar-refractivity contribution in [2.45, 2.75) is 39.0 Å². The zero-order valence-corrected chi connectivity index (χ0v) is 8.18. The summed E-state index contributed by atoms with van der Waals surface area (Å²) in [6.45, 7) is 4.38. The van der Waals surface area contributed by atoms with E-state index in [4.69, 9.17) is 0 Å². The zero-order chi connectivity index (χ0) is 8.65. The molecule has 0 unspecified atom stereocenters. The van der Waals surface area contributed by atoms with Crippen LogP contribution in [0.5, 0.6) is 0 Å². The molecule has 0 aromatic carbocycles. The van der Waals surface area contributed by atoms with E-state index in [0.29, 0.717) is 0 Å². The van der Waals surface area contributed by atoms with E-state index in [1.54, 1.807) is 0 Å². The van der Waals surface area contributed by atoms with E-state index in [0.717, 1.165) is 19.0 Å². The molecular formula is C11H21N. The molecule has 0 spiro atoms. The minimum Gasteiger partial charge on any atom is -0.317 e. The van der Waals surface area contributed by atoms with E-state index >= 15 is 0 Å². The van der Waals surface area contributed by atoms with Gasteiger partial charge in [-0.25, -0.2) is 0 Å². The lowest BCUT2D eigenvalue weighted by atomic mass is 9.83. The second-order valence-corrected chi connectivity index (χ2v) is 3.65. The summed E-state index contributed by atoms with van der Waals surface area (Å²) < 4.78 is 0. The van der Waals surface area contributed by atoms with Gasteiger partial charge in [-0.05, 0) is 31.8 Å². The standard InChI is InChI=1S/C11H21N/c1-2-12-10-5-3-4-7-11-8-6-9-11/h3-4,11-12H,2,5-10H2,1H3. The maximum absolute atomic E-state index is 3.31. The fourth-order valence-electron chi connectivity index (χ4n) is 1.50. The van der Waals surface area contributed by atoms with Gasteiger partial charge in [-0.1, -0.05) is 38.3 Å². The van der Waals surface area contributed by atoms with Crippen LogP contribution in [0.4, 0.5) is 0 Å². The first kappa shape index (κ1) is 9.79. The lowest BCUT2D eigenvalue weighted by Gasteiger charge is -2.23. The SMILES string of the molecule is CCNCCC=CCC1CCC1. The Hall–Kier alpha value is -0.300. The third-order valence-electron chi connectivity index (χ3n) is 2.60. The van der Waals surface area contributed by atoms with Gasteiger partial charge in [0.2, 0.25) is 0 Å². The van der Waals surface area contributed by atoms with E-state index in [2.05, 4.69) is 24.4 Å². The zero-order valence-electron chi connectivity index (χ0n) is 8.18. The highest BCUT2D eigenvalue weighted by atomic mass is 14.8. The molecule has 0 saturated heterocycles. The predicted octanol–water partition coefficient (Wildman–Crippen LogP) is 2.73. The number of rotatable bonds is 6. The van der Waals surface area contributed by atoms with Crippen molar-refractivity contribution in [3.8, 4) is 0 Å². The fraction of sp³-hybridized carbons (Fsp3) is 0.818. The lowest BCUT2D eigenvalue weighted by molar-refractivity contribution is 0.319. The average Bonchev–Trinajstić information content (AvgIpc) is 2.00. The van der Waals surface area contributed by atoms with Gasteiger partial charge in [-0.3, -0.25) is 0 Å². The van der Waals surface area contributed by atoms with Crippen molar-refractivity contribution in [1.29, 1.82) is 0 Å². The molecule has 1 rings (SSSR count). The summed E-state index contributed by atoms with van der Waals surface area (Å²) in [7, 11) is 0. The first-order chi connectivity index (χ1) is 5.93. The van der Waals surface area contributed by atoms with Gasteiger partial charge in [-0.15, -0.1) is 0 Å². The van der Waals surface area contributed by atoms with Crippen molar-refractivity contribution in [1.82, 2.24) is 5.32 Å². The molecule has 0 aliphatic heterocycles. The predicted molar refractivity (Wildman–Crippen MR) is 54.3 cm³/mol. The van der Waals surface area contributed by atoms with Crippen molar-refractivity contribution in [2.24, 2.45) is 5.92 Å². The summed E-state index contributed by atoms with van der Waals surface area (Å²) in [5, 5.41) is 3.31. The van der Waals surface area contributed by atoms with Crippen molar-refractivity contribution in [3.05, 3.63) is 12.2 Å². The summed E-state index contributed by atoms with van der Waals surface area (Å²) >= 11 is 0.